The minimum absolute atomic E-state index is 0.112. The van der Waals surface area contributed by atoms with Crippen LogP contribution in [-0.2, 0) is 9.59 Å². The zero-order valence-corrected chi connectivity index (χ0v) is 16.5. The van der Waals surface area contributed by atoms with E-state index in [1.165, 1.54) is 6.92 Å². The lowest BCUT2D eigenvalue weighted by molar-refractivity contribution is -0.129. The molecule has 0 radical (unpaired) electrons. The van der Waals surface area contributed by atoms with Gasteiger partial charge in [-0.1, -0.05) is 42.5 Å². The van der Waals surface area contributed by atoms with Crippen LogP contribution < -0.4 is 10.1 Å². The van der Waals surface area contributed by atoms with Gasteiger partial charge in [-0.25, -0.2) is 0 Å². The Balaban J connectivity index is 1.53. The number of fused-ring (bicyclic) bond motifs is 1. The standard InChI is InChI=1S/C24H21N3O3/c1-17(28)27-14-12-18-7-5-6-10-20(18)22(27)15-24(29)26-21-16-25-13-11-23(21)30-19-8-3-2-4-9-19/h2-14,16,22H,15H2,1H3,(H,26,29)/t22-/m1/s1. The number of amides is 2. The second kappa shape index (κ2) is 8.61. The summed E-state index contributed by atoms with van der Waals surface area (Å²) in [5.41, 5.74) is 2.42. The molecule has 0 unspecified atom stereocenters. The lowest BCUT2D eigenvalue weighted by atomic mass is 9.93. The van der Waals surface area contributed by atoms with E-state index in [0.29, 0.717) is 17.2 Å². The minimum atomic E-state index is -0.376. The zero-order chi connectivity index (χ0) is 20.9. The molecule has 3 aromatic rings. The summed E-state index contributed by atoms with van der Waals surface area (Å²) in [7, 11) is 0. The summed E-state index contributed by atoms with van der Waals surface area (Å²) >= 11 is 0. The van der Waals surface area contributed by atoms with Crippen molar-refractivity contribution in [3.63, 3.8) is 0 Å². The van der Waals surface area contributed by atoms with E-state index in [4.69, 9.17) is 4.74 Å². The van der Waals surface area contributed by atoms with Crippen LogP contribution in [0.4, 0.5) is 5.69 Å². The summed E-state index contributed by atoms with van der Waals surface area (Å²) in [6.45, 7) is 1.50. The predicted octanol–water partition coefficient (Wildman–Crippen LogP) is 4.78. The van der Waals surface area contributed by atoms with Crippen molar-refractivity contribution in [1.82, 2.24) is 9.88 Å². The first kappa shape index (κ1) is 19.4. The smallest absolute Gasteiger partial charge is 0.226 e. The molecule has 1 aliphatic rings. The highest BCUT2D eigenvalue weighted by molar-refractivity contribution is 5.93. The molecule has 1 aromatic heterocycles. The minimum Gasteiger partial charge on any atom is -0.455 e. The largest absolute Gasteiger partial charge is 0.455 e. The molecule has 6 heteroatoms. The summed E-state index contributed by atoms with van der Waals surface area (Å²) in [6, 6.07) is 18.4. The number of anilines is 1. The molecule has 1 atom stereocenters. The van der Waals surface area contributed by atoms with Gasteiger partial charge in [-0.05, 0) is 29.3 Å². The molecule has 0 aliphatic carbocycles. The van der Waals surface area contributed by atoms with Crippen molar-refractivity contribution in [2.24, 2.45) is 0 Å². The number of pyridine rings is 1. The first-order valence-corrected chi connectivity index (χ1v) is 9.64. The van der Waals surface area contributed by atoms with Crippen molar-refractivity contribution in [2.45, 2.75) is 19.4 Å². The highest BCUT2D eigenvalue weighted by atomic mass is 16.5. The molecule has 30 heavy (non-hydrogen) atoms. The average molecular weight is 399 g/mol. The Kier molecular flexibility index (Phi) is 5.57. The number of nitrogens with one attached hydrogen (secondary N) is 1. The van der Waals surface area contributed by atoms with E-state index in [-0.39, 0.29) is 24.3 Å². The number of nitrogens with zero attached hydrogens (tertiary/aromatic N) is 2. The third kappa shape index (κ3) is 4.22. The van der Waals surface area contributed by atoms with Gasteiger partial charge in [-0.2, -0.15) is 0 Å². The van der Waals surface area contributed by atoms with Gasteiger partial charge in [0.25, 0.3) is 0 Å². The molecular weight excluding hydrogens is 378 g/mol. The summed E-state index contributed by atoms with van der Waals surface area (Å²) < 4.78 is 5.89. The Morgan fingerprint density at radius 1 is 1.07 bits per heavy atom. The van der Waals surface area contributed by atoms with E-state index in [0.717, 1.165) is 11.1 Å². The van der Waals surface area contributed by atoms with Gasteiger partial charge in [0.2, 0.25) is 11.8 Å². The number of hydrogen-bond donors (Lipinski definition) is 1. The van der Waals surface area contributed by atoms with Crippen LogP contribution in [0.25, 0.3) is 6.08 Å². The van der Waals surface area contributed by atoms with Crippen LogP contribution in [0.1, 0.15) is 30.5 Å². The Morgan fingerprint density at radius 3 is 2.63 bits per heavy atom. The number of hydrogen-bond acceptors (Lipinski definition) is 4. The Labute approximate surface area is 174 Å². The third-order valence-electron chi connectivity index (χ3n) is 4.87. The number of carbonyl (C=O) groups is 2. The molecule has 4 rings (SSSR count). The monoisotopic (exact) mass is 399 g/mol. The fraction of sp³-hybridized carbons (Fsp3) is 0.125. The number of ether oxygens (including phenoxy) is 1. The van der Waals surface area contributed by atoms with Gasteiger partial charge in [0.15, 0.2) is 5.75 Å². The van der Waals surface area contributed by atoms with Gasteiger partial charge in [-0.3, -0.25) is 14.6 Å². The van der Waals surface area contributed by atoms with Crippen LogP contribution in [0.2, 0.25) is 0 Å². The van der Waals surface area contributed by atoms with E-state index in [1.807, 2.05) is 60.7 Å². The van der Waals surface area contributed by atoms with E-state index >= 15 is 0 Å². The number of aromatic nitrogens is 1. The molecule has 0 bridgehead atoms. The first-order valence-electron chi connectivity index (χ1n) is 9.64. The van der Waals surface area contributed by atoms with Crippen LogP contribution in [0.3, 0.4) is 0 Å². The van der Waals surface area contributed by atoms with Gasteiger partial charge in [-0.15, -0.1) is 0 Å². The Bertz CT molecular complexity index is 1100. The molecule has 1 N–H and O–H groups in total. The SMILES string of the molecule is CC(=O)N1C=Cc2ccccc2[C@H]1CC(=O)Nc1cnccc1Oc1ccccc1. The van der Waals surface area contributed by atoms with Gasteiger partial charge in [0, 0.05) is 25.4 Å². The van der Waals surface area contributed by atoms with Crippen molar-refractivity contribution >= 4 is 23.6 Å². The zero-order valence-electron chi connectivity index (χ0n) is 16.5. The van der Waals surface area contributed by atoms with Crippen molar-refractivity contribution in [1.29, 1.82) is 0 Å². The fourth-order valence-corrected chi connectivity index (χ4v) is 3.47. The number of benzene rings is 2. The molecule has 2 amide bonds. The van der Waals surface area contributed by atoms with Gasteiger partial charge < -0.3 is 15.0 Å². The molecule has 6 nitrogen and oxygen atoms in total. The van der Waals surface area contributed by atoms with Crippen molar-refractivity contribution in [3.05, 3.63) is 90.4 Å². The topological polar surface area (TPSA) is 71.5 Å². The fourth-order valence-electron chi connectivity index (χ4n) is 3.47. The quantitative estimate of drug-likeness (QED) is 0.670. The number of rotatable bonds is 5. The predicted molar refractivity (Wildman–Crippen MR) is 115 cm³/mol. The lowest BCUT2D eigenvalue weighted by Gasteiger charge is -2.32. The van der Waals surface area contributed by atoms with Crippen LogP contribution >= 0.6 is 0 Å². The van der Waals surface area contributed by atoms with Crippen molar-refractivity contribution < 1.29 is 14.3 Å². The molecule has 0 saturated heterocycles. The van der Waals surface area contributed by atoms with E-state index in [1.54, 1.807) is 29.6 Å². The van der Waals surface area contributed by atoms with Gasteiger partial charge >= 0.3 is 0 Å². The van der Waals surface area contributed by atoms with E-state index in [2.05, 4.69) is 10.3 Å². The maximum absolute atomic E-state index is 12.9. The Hall–Kier alpha value is -3.93. The third-order valence-corrected chi connectivity index (χ3v) is 4.87. The molecule has 2 aromatic carbocycles. The number of para-hydroxylation sites is 1. The summed E-state index contributed by atoms with van der Waals surface area (Å²) in [4.78, 5) is 30.7. The average Bonchev–Trinajstić information content (AvgIpc) is 2.76. The van der Waals surface area contributed by atoms with E-state index < -0.39 is 0 Å². The Morgan fingerprint density at radius 2 is 1.83 bits per heavy atom. The van der Waals surface area contributed by atoms with Gasteiger partial charge in [0.1, 0.15) is 11.4 Å². The second-order valence-corrected chi connectivity index (χ2v) is 6.93. The molecule has 0 saturated carbocycles. The van der Waals surface area contributed by atoms with Crippen molar-refractivity contribution in [3.8, 4) is 11.5 Å². The molecule has 1 aliphatic heterocycles. The lowest BCUT2D eigenvalue weighted by Crippen LogP contribution is -2.33. The van der Waals surface area contributed by atoms with Gasteiger partial charge in [0.05, 0.1) is 18.7 Å². The molecule has 150 valence electrons. The van der Waals surface area contributed by atoms with Crippen LogP contribution in [-0.4, -0.2) is 21.7 Å². The first-order chi connectivity index (χ1) is 14.6. The van der Waals surface area contributed by atoms with Crippen LogP contribution in [0.15, 0.2) is 79.3 Å². The highest BCUT2D eigenvalue weighted by Crippen LogP contribution is 2.34. The molecular formula is C24H21N3O3. The maximum Gasteiger partial charge on any atom is 0.226 e. The highest BCUT2D eigenvalue weighted by Gasteiger charge is 2.28. The molecule has 0 fully saturated rings. The summed E-state index contributed by atoms with van der Waals surface area (Å²) in [6.07, 6.45) is 6.89. The summed E-state index contributed by atoms with van der Waals surface area (Å²) in [5, 5.41) is 2.88. The van der Waals surface area contributed by atoms with E-state index in [9.17, 15) is 9.59 Å². The maximum atomic E-state index is 12.9. The summed E-state index contributed by atoms with van der Waals surface area (Å²) in [5.74, 6) is 0.806. The molecule has 0 spiro atoms. The van der Waals surface area contributed by atoms with Crippen LogP contribution in [0, 0.1) is 0 Å². The van der Waals surface area contributed by atoms with Crippen LogP contribution in [0.5, 0.6) is 11.5 Å². The second-order valence-electron chi connectivity index (χ2n) is 6.93. The van der Waals surface area contributed by atoms with Crippen molar-refractivity contribution in [2.75, 3.05) is 5.32 Å². The molecule has 2 heterocycles. The number of carbonyl (C=O) groups excluding carboxylic acids is 2. The normalized spacial score (nSPS) is 14.7.